The Bertz CT molecular complexity index is 510. The van der Waals surface area contributed by atoms with Gasteiger partial charge in [0.15, 0.2) is 0 Å². The molecule has 0 aliphatic carbocycles. The van der Waals surface area contributed by atoms with Gasteiger partial charge in [0.2, 0.25) is 0 Å². The molecule has 0 amide bonds. The lowest BCUT2D eigenvalue weighted by atomic mass is 9.93. The highest BCUT2D eigenvalue weighted by Crippen LogP contribution is 2.26. The molecule has 1 aromatic heterocycles. The number of nitrogens with zero attached hydrogens (tertiary/aromatic N) is 2. The van der Waals surface area contributed by atoms with E-state index in [2.05, 4.69) is 29.4 Å². The van der Waals surface area contributed by atoms with Crippen molar-refractivity contribution in [2.24, 2.45) is 0 Å². The van der Waals surface area contributed by atoms with E-state index < -0.39 is 0 Å². The van der Waals surface area contributed by atoms with Crippen LogP contribution < -0.4 is 5.32 Å². The first-order chi connectivity index (χ1) is 8.74. The Kier molecular flexibility index (Phi) is 3.77. The number of fused-ring (bicyclic) bond motifs is 1. The molecule has 18 heavy (non-hydrogen) atoms. The second kappa shape index (κ2) is 5.31. The fourth-order valence-corrected chi connectivity index (χ4v) is 2.08. The van der Waals surface area contributed by atoms with Crippen molar-refractivity contribution in [1.82, 2.24) is 10.2 Å². The maximum atomic E-state index is 9.61. The Morgan fingerprint density at radius 3 is 2.61 bits per heavy atom. The third-order valence-electron chi connectivity index (χ3n) is 3.60. The molecule has 4 nitrogen and oxygen atoms in total. The van der Waals surface area contributed by atoms with Crippen LogP contribution >= 0.6 is 0 Å². The molecule has 0 fully saturated rings. The van der Waals surface area contributed by atoms with Gasteiger partial charge in [-0.2, -0.15) is 10.2 Å². The molecule has 0 aliphatic rings. The number of aliphatic hydroxyl groups is 1. The number of rotatable bonds is 5. The van der Waals surface area contributed by atoms with Crippen LogP contribution in [0.5, 0.6) is 0 Å². The Labute approximate surface area is 107 Å². The molecule has 0 saturated heterocycles. The Balaban J connectivity index is 2.42. The van der Waals surface area contributed by atoms with Crippen LogP contribution in [0.15, 0.2) is 30.5 Å². The highest BCUT2D eigenvalue weighted by Gasteiger charge is 2.25. The standard InChI is InChI=1S/C14H19N3O/c1-3-14(4-2,10-18)16-13-9-15-17-12-8-6-5-7-11(12)13/h5-9,18H,3-4,10H2,1-2H3,(H,16,17). The van der Waals surface area contributed by atoms with Gasteiger partial charge in [-0.1, -0.05) is 32.0 Å². The van der Waals surface area contributed by atoms with Crippen molar-refractivity contribution in [3.8, 4) is 0 Å². The number of anilines is 1. The van der Waals surface area contributed by atoms with Crippen molar-refractivity contribution in [3.63, 3.8) is 0 Å². The Hall–Kier alpha value is -1.68. The van der Waals surface area contributed by atoms with Gasteiger partial charge in [-0.05, 0) is 18.9 Å². The zero-order valence-corrected chi connectivity index (χ0v) is 10.8. The molecule has 0 saturated carbocycles. The van der Waals surface area contributed by atoms with Gasteiger partial charge < -0.3 is 10.4 Å². The van der Waals surface area contributed by atoms with Crippen molar-refractivity contribution >= 4 is 16.6 Å². The van der Waals surface area contributed by atoms with Crippen LogP contribution in [0.25, 0.3) is 10.9 Å². The van der Waals surface area contributed by atoms with Crippen molar-refractivity contribution in [1.29, 1.82) is 0 Å². The number of aromatic nitrogens is 2. The fourth-order valence-electron chi connectivity index (χ4n) is 2.08. The highest BCUT2D eigenvalue weighted by atomic mass is 16.3. The van der Waals surface area contributed by atoms with E-state index in [1.807, 2.05) is 24.3 Å². The minimum absolute atomic E-state index is 0.108. The first-order valence-electron chi connectivity index (χ1n) is 6.34. The summed E-state index contributed by atoms with van der Waals surface area (Å²) in [6.45, 7) is 4.25. The van der Waals surface area contributed by atoms with Crippen molar-refractivity contribution in [2.75, 3.05) is 11.9 Å². The highest BCUT2D eigenvalue weighted by molar-refractivity contribution is 5.90. The molecular weight excluding hydrogens is 226 g/mol. The predicted octanol–water partition coefficient (Wildman–Crippen LogP) is 2.59. The van der Waals surface area contributed by atoms with Crippen LogP contribution in [-0.2, 0) is 0 Å². The number of nitrogens with one attached hydrogen (secondary N) is 1. The minimum Gasteiger partial charge on any atom is -0.394 e. The maximum Gasteiger partial charge on any atom is 0.0950 e. The fraction of sp³-hybridized carbons (Fsp3) is 0.429. The summed E-state index contributed by atoms with van der Waals surface area (Å²) in [6, 6.07) is 7.87. The summed E-state index contributed by atoms with van der Waals surface area (Å²) in [5.74, 6) is 0. The lowest BCUT2D eigenvalue weighted by molar-refractivity contribution is 0.202. The maximum absolute atomic E-state index is 9.61. The molecule has 1 heterocycles. The van der Waals surface area contributed by atoms with Gasteiger partial charge >= 0.3 is 0 Å². The zero-order chi connectivity index (χ0) is 13.0. The van der Waals surface area contributed by atoms with Crippen molar-refractivity contribution in [2.45, 2.75) is 32.2 Å². The molecule has 0 spiro atoms. The Morgan fingerprint density at radius 2 is 1.94 bits per heavy atom. The molecule has 2 N–H and O–H groups in total. The lowest BCUT2D eigenvalue weighted by Crippen LogP contribution is -2.40. The number of hydrogen-bond donors (Lipinski definition) is 2. The third kappa shape index (κ3) is 2.29. The molecule has 4 heteroatoms. The summed E-state index contributed by atoms with van der Waals surface area (Å²) in [7, 11) is 0. The smallest absolute Gasteiger partial charge is 0.0950 e. The molecule has 2 aromatic rings. The second-order valence-corrected chi connectivity index (χ2v) is 4.55. The van der Waals surface area contributed by atoms with E-state index >= 15 is 0 Å². The van der Waals surface area contributed by atoms with Crippen molar-refractivity contribution < 1.29 is 5.11 Å². The monoisotopic (exact) mass is 245 g/mol. The molecule has 2 rings (SSSR count). The molecule has 0 atom stereocenters. The summed E-state index contributed by atoms with van der Waals surface area (Å²) < 4.78 is 0. The Morgan fingerprint density at radius 1 is 1.22 bits per heavy atom. The molecule has 96 valence electrons. The van der Waals surface area contributed by atoms with Crippen LogP contribution in [0.4, 0.5) is 5.69 Å². The van der Waals surface area contributed by atoms with Gasteiger partial charge in [-0.25, -0.2) is 0 Å². The summed E-state index contributed by atoms with van der Waals surface area (Å²) in [6.07, 6.45) is 3.44. The predicted molar refractivity (Wildman–Crippen MR) is 73.6 cm³/mol. The number of hydrogen-bond acceptors (Lipinski definition) is 4. The van der Waals surface area contributed by atoms with Gasteiger partial charge in [0.25, 0.3) is 0 Å². The minimum atomic E-state index is -0.286. The SMILES string of the molecule is CCC(CC)(CO)Nc1cnnc2ccccc12. The molecule has 0 bridgehead atoms. The molecule has 0 unspecified atom stereocenters. The first-order valence-corrected chi connectivity index (χ1v) is 6.34. The van der Waals surface area contributed by atoms with Crippen LogP contribution in [0.2, 0.25) is 0 Å². The molecule has 1 aromatic carbocycles. The summed E-state index contributed by atoms with van der Waals surface area (Å²) >= 11 is 0. The molecular formula is C14H19N3O. The normalized spacial score (nSPS) is 11.7. The summed E-state index contributed by atoms with van der Waals surface area (Å²) in [5, 5.41) is 22.2. The average molecular weight is 245 g/mol. The van der Waals surface area contributed by atoms with E-state index in [1.165, 1.54) is 0 Å². The lowest BCUT2D eigenvalue weighted by Gasteiger charge is -2.32. The quantitative estimate of drug-likeness (QED) is 0.850. The van der Waals surface area contributed by atoms with Crippen LogP contribution in [0.1, 0.15) is 26.7 Å². The van der Waals surface area contributed by atoms with E-state index in [9.17, 15) is 5.11 Å². The van der Waals surface area contributed by atoms with E-state index in [4.69, 9.17) is 0 Å². The topological polar surface area (TPSA) is 58.0 Å². The summed E-state index contributed by atoms with van der Waals surface area (Å²) in [5.41, 5.74) is 1.51. The van der Waals surface area contributed by atoms with E-state index in [0.29, 0.717) is 0 Å². The first kappa shape index (κ1) is 12.8. The van der Waals surface area contributed by atoms with Gasteiger partial charge in [-0.3, -0.25) is 0 Å². The largest absolute Gasteiger partial charge is 0.394 e. The zero-order valence-electron chi connectivity index (χ0n) is 10.8. The van der Waals surface area contributed by atoms with E-state index in [1.54, 1.807) is 6.20 Å². The van der Waals surface area contributed by atoms with E-state index in [0.717, 1.165) is 29.4 Å². The third-order valence-corrected chi connectivity index (χ3v) is 3.60. The number of benzene rings is 1. The van der Waals surface area contributed by atoms with Gasteiger partial charge in [-0.15, -0.1) is 0 Å². The van der Waals surface area contributed by atoms with Crippen molar-refractivity contribution in [3.05, 3.63) is 30.5 Å². The van der Waals surface area contributed by atoms with Crippen LogP contribution in [0.3, 0.4) is 0 Å². The van der Waals surface area contributed by atoms with Crippen LogP contribution in [0, 0.1) is 0 Å². The van der Waals surface area contributed by atoms with Gasteiger partial charge in [0.05, 0.1) is 29.5 Å². The average Bonchev–Trinajstić information content (AvgIpc) is 2.45. The van der Waals surface area contributed by atoms with Gasteiger partial charge in [0, 0.05) is 5.39 Å². The van der Waals surface area contributed by atoms with Gasteiger partial charge in [0.1, 0.15) is 0 Å². The second-order valence-electron chi connectivity index (χ2n) is 4.55. The molecule has 0 radical (unpaired) electrons. The number of aliphatic hydroxyl groups excluding tert-OH is 1. The van der Waals surface area contributed by atoms with E-state index in [-0.39, 0.29) is 12.1 Å². The van der Waals surface area contributed by atoms with Crippen LogP contribution in [-0.4, -0.2) is 27.4 Å². The summed E-state index contributed by atoms with van der Waals surface area (Å²) in [4.78, 5) is 0. The molecule has 0 aliphatic heterocycles.